The standard InChI is InChI=1S/C17H22N2O4.C2H6/c1-18-14-8-7-13(23-2)9-15(14)19(17(18)22)10-11-3-5-12(6-4-11)16(20)21;1-2/h7-9,11-12H,3-6,10H2,1-2H3,(H,20,21);1-2H3. The molecule has 0 radical (unpaired) electrons. The molecule has 1 heterocycles. The molecule has 1 aromatic heterocycles. The Labute approximate surface area is 148 Å². The Bertz CT molecular complexity index is 783. The molecule has 0 aliphatic heterocycles. The number of rotatable bonds is 4. The highest BCUT2D eigenvalue weighted by Gasteiger charge is 2.27. The van der Waals surface area contributed by atoms with Crippen molar-refractivity contribution < 1.29 is 14.6 Å². The first-order valence-electron chi connectivity index (χ1n) is 8.97. The topological polar surface area (TPSA) is 73.5 Å². The van der Waals surface area contributed by atoms with Crippen LogP contribution in [0.4, 0.5) is 0 Å². The van der Waals surface area contributed by atoms with Gasteiger partial charge in [0.15, 0.2) is 0 Å². The zero-order valence-electron chi connectivity index (χ0n) is 15.5. The third kappa shape index (κ3) is 3.89. The van der Waals surface area contributed by atoms with E-state index >= 15 is 0 Å². The predicted molar refractivity (Wildman–Crippen MR) is 98.2 cm³/mol. The van der Waals surface area contributed by atoms with Crippen molar-refractivity contribution in [1.82, 2.24) is 9.13 Å². The minimum atomic E-state index is -0.699. The predicted octanol–water partition coefficient (Wildman–Crippen LogP) is 3.27. The number of hydrogen-bond acceptors (Lipinski definition) is 3. The quantitative estimate of drug-likeness (QED) is 0.920. The van der Waals surface area contributed by atoms with Crippen LogP contribution in [0.5, 0.6) is 5.75 Å². The lowest BCUT2D eigenvalue weighted by atomic mass is 9.82. The number of benzene rings is 1. The van der Waals surface area contributed by atoms with Crippen LogP contribution in [0.1, 0.15) is 39.5 Å². The fourth-order valence-electron chi connectivity index (χ4n) is 3.54. The monoisotopic (exact) mass is 348 g/mol. The van der Waals surface area contributed by atoms with Gasteiger partial charge in [-0.25, -0.2) is 4.79 Å². The summed E-state index contributed by atoms with van der Waals surface area (Å²) in [7, 11) is 3.38. The maximum atomic E-state index is 12.5. The molecular weight excluding hydrogens is 320 g/mol. The summed E-state index contributed by atoms with van der Waals surface area (Å²) in [5.41, 5.74) is 1.72. The molecule has 1 aliphatic carbocycles. The van der Waals surface area contributed by atoms with E-state index in [1.54, 1.807) is 23.3 Å². The van der Waals surface area contributed by atoms with E-state index in [-0.39, 0.29) is 11.6 Å². The third-order valence-electron chi connectivity index (χ3n) is 4.99. The summed E-state index contributed by atoms with van der Waals surface area (Å²) in [6.07, 6.45) is 3.10. The Morgan fingerprint density at radius 1 is 1.20 bits per heavy atom. The summed E-state index contributed by atoms with van der Waals surface area (Å²) < 4.78 is 8.71. The van der Waals surface area contributed by atoms with Crippen LogP contribution in [0.25, 0.3) is 11.0 Å². The van der Waals surface area contributed by atoms with Gasteiger partial charge < -0.3 is 9.84 Å². The number of ether oxygens (including phenoxy) is 1. The van der Waals surface area contributed by atoms with Gasteiger partial charge in [-0.1, -0.05) is 13.8 Å². The van der Waals surface area contributed by atoms with E-state index in [2.05, 4.69) is 0 Å². The van der Waals surface area contributed by atoms with Crippen LogP contribution in [0, 0.1) is 11.8 Å². The smallest absolute Gasteiger partial charge is 0.328 e. The van der Waals surface area contributed by atoms with Crippen LogP contribution < -0.4 is 10.4 Å². The molecule has 1 aromatic carbocycles. The number of methoxy groups -OCH3 is 1. The van der Waals surface area contributed by atoms with Crippen molar-refractivity contribution in [2.45, 2.75) is 46.1 Å². The maximum absolute atomic E-state index is 12.5. The lowest BCUT2D eigenvalue weighted by molar-refractivity contribution is -0.143. The molecule has 1 aliphatic rings. The first kappa shape index (κ1) is 19.1. The van der Waals surface area contributed by atoms with Gasteiger partial charge in [-0.05, 0) is 43.7 Å². The molecule has 1 saturated carbocycles. The second kappa shape index (κ2) is 8.23. The van der Waals surface area contributed by atoms with Gasteiger partial charge in [-0.15, -0.1) is 0 Å². The number of aryl methyl sites for hydroxylation is 1. The number of hydrogen-bond donors (Lipinski definition) is 1. The van der Waals surface area contributed by atoms with E-state index in [9.17, 15) is 9.59 Å². The summed E-state index contributed by atoms with van der Waals surface area (Å²) in [5.74, 6) is 0.151. The molecular formula is C19H28N2O4. The van der Waals surface area contributed by atoms with Gasteiger partial charge in [0.25, 0.3) is 0 Å². The Morgan fingerprint density at radius 3 is 2.40 bits per heavy atom. The first-order chi connectivity index (χ1) is 12.0. The van der Waals surface area contributed by atoms with Crippen molar-refractivity contribution >= 4 is 17.0 Å². The molecule has 1 N–H and O–H groups in total. The number of nitrogens with zero attached hydrogens (tertiary/aromatic N) is 2. The highest BCUT2D eigenvalue weighted by molar-refractivity contribution is 5.77. The molecule has 0 amide bonds. The Hall–Kier alpha value is -2.24. The number of carboxylic acid groups (broad SMARTS) is 1. The fourth-order valence-corrected chi connectivity index (χ4v) is 3.54. The van der Waals surface area contributed by atoms with Crippen molar-refractivity contribution in [2.24, 2.45) is 18.9 Å². The molecule has 0 saturated heterocycles. The highest BCUT2D eigenvalue weighted by atomic mass is 16.5. The minimum absolute atomic E-state index is 0.0337. The van der Waals surface area contributed by atoms with Crippen LogP contribution in [-0.4, -0.2) is 27.3 Å². The largest absolute Gasteiger partial charge is 0.497 e. The molecule has 3 rings (SSSR count). The summed E-state index contributed by atoms with van der Waals surface area (Å²) in [5, 5.41) is 9.09. The van der Waals surface area contributed by atoms with Crippen LogP contribution in [0.2, 0.25) is 0 Å². The lowest BCUT2D eigenvalue weighted by Crippen LogP contribution is -2.28. The van der Waals surface area contributed by atoms with Gasteiger partial charge in [0.1, 0.15) is 5.75 Å². The molecule has 1 fully saturated rings. The van der Waals surface area contributed by atoms with Crippen molar-refractivity contribution in [3.63, 3.8) is 0 Å². The number of imidazole rings is 1. The maximum Gasteiger partial charge on any atom is 0.328 e. The molecule has 25 heavy (non-hydrogen) atoms. The van der Waals surface area contributed by atoms with E-state index in [0.29, 0.717) is 25.3 Å². The lowest BCUT2D eigenvalue weighted by Gasteiger charge is -2.26. The fraction of sp³-hybridized carbons (Fsp3) is 0.579. The van der Waals surface area contributed by atoms with Crippen molar-refractivity contribution in [3.8, 4) is 5.75 Å². The molecule has 0 atom stereocenters. The van der Waals surface area contributed by atoms with E-state index in [4.69, 9.17) is 9.84 Å². The van der Waals surface area contributed by atoms with Crippen LogP contribution >= 0.6 is 0 Å². The molecule has 6 heteroatoms. The zero-order valence-corrected chi connectivity index (χ0v) is 15.5. The average Bonchev–Trinajstić information content (AvgIpc) is 2.88. The number of carbonyl (C=O) groups is 1. The van der Waals surface area contributed by atoms with Gasteiger partial charge in [-0.2, -0.15) is 0 Å². The summed E-state index contributed by atoms with van der Waals surface area (Å²) in [6.45, 7) is 4.63. The van der Waals surface area contributed by atoms with Crippen LogP contribution in [0.15, 0.2) is 23.0 Å². The number of aromatic nitrogens is 2. The molecule has 2 aromatic rings. The Balaban J connectivity index is 0.00000109. The Kier molecular flexibility index (Phi) is 6.28. The van der Waals surface area contributed by atoms with Crippen LogP contribution in [0.3, 0.4) is 0 Å². The minimum Gasteiger partial charge on any atom is -0.497 e. The zero-order chi connectivity index (χ0) is 18.6. The highest BCUT2D eigenvalue weighted by Crippen LogP contribution is 2.30. The summed E-state index contributed by atoms with van der Waals surface area (Å²) in [4.78, 5) is 23.6. The third-order valence-corrected chi connectivity index (χ3v) is 4.99. The van der Waals surface area contributed by atoms with E-state index in [0.717, 1.165) is 29.6 Å². The molecule has 0 spiro atoms. The molecule has 6 nitrogen and oxygen atoms in total. The second-order valence-electron chi connectivity index (χ2n) is 6.36. The van der Waals surface area contributed by atoms with Gasteiger partial charge in [0.2, 0.25) is 0 Å². The van der Waals surface area contributed by atoms with E-state index < -0.39 is 5.97 Å². The molecule has 138 valence electrons. The SMILES string of the molecule is CC.COc1ccc2c(c1)n(CC1CCC(C(=O)O)CC1)c(=O)n2C. The molecule has 0 bridgehead atoms. The van der Waals surface area contributed by atoms with Gasteiger partial charge in [0.05, 0.1) is 24.1 Å². The summed E-state index contributed by atoms with van der Waals surface area (Å²) in [6, 6.07) is 5.64. The number of fused-ring (bicyclic) bond motifs is 1. The summed E-state index contributed by atoms with van der Waals surface area (Å²) >= 11 is 0. The van der Waals surface area contributed by atoms with Gasteiger partial charge in [0, 0.05) is 19.7 Å². The second-order valence-corrected chi connectivity index (χ2v) is 6.36. The van der Waals surface area contributed by atoms with Crippen LogP contribution in [-0.2, 0) is 18.4 Å². The van der Waals surface area contributed by atoms with Gasteiger partial charge >= 0.3 is 11.7 Å². The van der Waals surface area contributed by atoms with Crippen molar-refractivity contribution in [3.05, 3.63) is 28.7 Å². The normalized spacial score (nSPS) is 20.0. The van der Waals surface area contributed by atoms with E-state index in [1.165, 1.54) is 0 Å². The average molecular weight is 348 g/mol. The van der Waals surface area contributed by atoms with E-state index in [1.807, 2.05) is 32.0 Å². The van der Waals surface area contributed by atoms with Crippen molar-refractivity contribution in [2.75, 3.05) is 7.11 Å². The van der Waals surface area contributed by atoms with Gasteiger partial charge in [-0.3, -0.25) is 13.9 Å². The van der Waals surface area contributed by atoms with Crippen molar-refractivity contribution in [1.29, 1.82) is 0 Å². The Morgan fingerprint density at radius 2 is 1.84 bits per heavy atom. The number of carboxylic acids is 1. The first-order valence-corrected chi connectivity index (χ1v) is 8.97. The molecule has 0 unspecified atom stereocenters. The number of aliphatic carboxylic acids is 1.